The number of amides is 1. The smallest absolute Gasteiger partial charge is 0.397 e. The summed E-state index contributed by atoms with van der Waals surface area (Å²) in [6, 6.07) is 7.71. The van der Waals surface area contributed by atoms with Crippen LogP contribution in [0.5, 0.6) is 5.88 Å². The van der Waals surface area contributed by atoms with Crippen molar-refractivity contribution in [3.63, 3.8) is 0 Å². The monoisotopic (exact) mass is 589 g/mol. The first-order chi connectivity index (χ1) is 18.9. The summed E-state index contributed by atoms with van der Waals surface area (Å²) in [6.45, 7) is 2.83. The number of carbonyl (C=O) groups is 1. The number of H-pyrrole nitrogens is 1. The molecule has 0 saturated carbocycles. The predicted octanol–water partition coefficient (Wildman–Crippen LogP) is 0.538. The van der Waals surface area contributed by atoms with Crippen LogP contribution in [0.25, 0.3) is 0 Å². The van der Waals surface area contributed by atoms with Crippen LogP contribution in [0.4, 0.5) is 4.39 Å². The predicted molar refractivity (Wildman–Crippen MR) is 139 cm³/mol. The van der Waals surface area contributed by atoms with Crippen LogP contribution in [0.2, 0.25) is 0 Å². The lowest BCUT2D eigenvalue weighted by atomic mass is 9.98. The van der Waals surface area contributed by atoms with E-state index in [2.05, 4.69) is 19.7 Å². The number of nitrogens with one attached hydrogen (secondary N) is 2. The van der Waals surface area contributed by atoms with Crippen LogP contribution in [0.1, 0.15) is 55.0 Å². The van der Waals surface area contributed by atoms with Gasteiger partial charge >= 0.3 is 10.4 Å². The second-order valence-electron chi connectivity index (χ2n) is 9.79. The van der Waals surface area contributed by atoms with Crippen LogP contribution < -0.4 is 10.1 Å². The van der Waals surface area contributed by atoms with Gasteiger partial charge in [0.2, 0.25) is 18.1 Å². The first kappa shape index (κ1) is 31.9. The van der Waals surface area contributed by atoms with E-state index in [4.69, 9.17) is 14.0 Å². The van der Waals surface area contributed by atoms with Gasteiger partial charge in [-0.05, 0) is 29.9 Å². The largest absolute Gasteiger partial charge is 0.443 e. The average molecular weight is 590 g/mol. The number of aromatic amines is 1. The van der Waals surface area contributed by atoms with Gasteiger partial charge < -0.3 is 30.1 Å². The Hall–Kier alpha value is -2.66. The Labute approximate surface area is 231 Å². The summed E-state index contributed by atoms with van der Waals surface area (Å²) in [5.74, 6) is -0.0877. The molecule has 1 amide bonds. The third-order valence-corrected chi connectivity index (χ3v) is 6.86. The summed E-state index contributed by atoms with van der Waals surface area (Å²) >= 11 is 0. The summed E-state index contributed by atoms with van der Waals surface area (Å²) in [5.41, 5.74) is 3.42. The van der Waals surface area contributed by atoms with Gasteiger partial charge in [-0.2, -0.15) is 8.42 Å². The SMILES string of the molecule is CC(C)c1[nH]nc(OC2OC(CO)C(F)C(O)C2O)c1Cc1ccc(CCCC(=O)NCCOS(=O)(=O)O)cc1. The highest BCUT2D eigenvalue weighted by atomic mass is 32.3. The van der Waals surface area contributed by atoms with E-state index in [0.29, 0.717) is 24.8 Å². The minimum absolute atomic E-state index is 0.0454. The standard InChI is InChI=1S/C25H36FN3O10S/c1-14(2)21-17(24(29-28-21)39-25-23(33)22(32)20(26)18(13-30)38-25)12-16-8-6-15(7-9-16)4-3-5-19(31)27-10-11-37-40(34,35)36/h6-9,14,18,20,22-23,25,30,32-33H,3-5,10-13H2,1-2H3,(H,27,31)(H,28,29)(H,34,35,36). The fourth-order valence-corrected chi connectivity index (χ4v) is 4.56. The molecule has 1 aromatic heterocycles. The van der Waals surface area contributed by atoms with E-state index in [1.165, 1.54) is 0 Å². The summed E-state index contributed by atoms with van der Waals surface area (Å²) in [7, 11) is -4.53. The Balaban J connectivity index is 1.58. The van der Waals surface area contributed by atoms with Gasteiger partial charge in [0.1, 0.15) is 18.3 Å². The molecule has 1 fully saturated rings. The highest BCUT2D eigenvalue weighted by molar-refractivity contribution is 7.80. The minimum Gasteiger partial charge on any atom is -0.443 e. The van der Waals surface area contributed by atoms with E-state index in [0.717, 1.165) is 16.8 Å². The van der Waals surface area contributed by atoms with Crippen LogP contribution >= 0.6 is 0 Å². The number of hydrogen-bond acceptors (Lipinski definition) is 10. The van der Waals surface area contributed by atoms with Gasteiger partial charge in [0.25, 0.3) is 0 Å². The van der Waals surface area contributed by atoms with E-state index >= 15 is 0 Å². The van der Waals surface area contributed by atoms with Crippen LogP contribution in [0.3, 0.4) is 0 Å². The zero-order valence-corrected chi connectivity index (χ0v) is 23.0. The molecule has 0 aliphatic carbocycles. The summed E-state index contributed by atoms with van der Waals surface area (Å²) in [4.78, 5) is 11.9. The molecule has 1 saturated heterocycles. The molecular formula is C25H36FN3O10S. The zero-order valence-electron chi connectivity index (χ0n) is 22.2. The third-order valence-electron chi connectivity index (χ3n) is 6.40. The maximum Gasteiger partial charge on any atom is 0.397 e. The molecule has 1 aromatic carbocycles. The van der Waals surface area contributed by atoms with Gasteiger partial charge in [0.05, 0.1) is 13.2 Å². The van der Waals surface area contributed by atoms with Crippen molar-refractivity contribution in [2.24, 2.45) is 0 Å². The number of aryl methyl sites for hydroxylation is 1. The normalized spacial score (nSPS) is 23.4. The number of rotatable bonds is 14. The fourth-order valence-electron chi connectivity index (χ4n) is 4.26. The van der Waals surface area contributed by atoms with Crippen molar-refractivity contribution in [1.29, 1.82) is 0 Å². The van der Waals surface area contributed by atoms with Crippen LogP contribution in [0, 0.1) is 0 Å². The second-order valence-corrected chi connectivity index (χ2v) is 10.9. The van der Waals surface area contributed by atoms with Crippen LogP contribution in [-0.2, 0) is 37.0 Å². The molecular weight excluding hydrogens is 553 g/mol. The number of ether oxygens (including phenoxy) is 2. The quantitative estimate of drug-likeness (QED) is 0.133. The first-order valence-electron chi connectivity index (χ1n) is 12.9. The van der Waals surface area contributed by atoms with Crippen molar-refractivity contribution in [2.45, 2.75) is 76.2 Å². The number of halogens is 1. The lowest BCUT2D eigenvalue weighted by Gasteiger charge is -2.38. The summed E-state index contributed by atoms with van der Waals surface area (Å²) < 4.78 is 58.8. The molecule has 1 aliphatic rings. The highest BCUT2D eigenvalue weighted by Gasteiger charge is 2.46. The van der Waals surface area contributed by atoms with Gasteiger partial charge in [-0.15, -0.1) is 5.10 Å². The summed E-state index contributed by atoms with van der Waals surface area (Å²) in [5, 5.41) is 39.3. The molecule has 3 rings (SSSR count). The number of aromatic nitrogens is 2. The topological polar surface area (TPSA) is 201 Å². The molecule has 6 N–H and O–H groups in total. The van der Waals surface area contributed by atoms with Gasteiger partial charge in [-0.3, -0.25) is 14.4 Å². The molecule has 2 aromatic rings. The molecule has 0 bridgehead atoms. The molecule has 0 spiro atoms. The lowest BCUT2D eigenvalue weighted by Crippen LogP contribution is -2.58. The van der Waals surface area contributed by atoms with E-state index in [1.54, 1.807) is 0 Å². The van der Waals surface area contributed by atoms with Crippen molar-refractivity contribution in [3.8, 4) is 5.88 Å². The Morgan fingerprint density at radius 2 is 1.88 bits per heavy atom. The molecule has 5 atom stereocenters. The fraction of sp³-hybridized carbons (Fsp3) is 0.600. The van der Waals surface area contributed by atoms with Crippen molar-refractivity contribution >= 4 is 16.3 Å². The Morgan fingerprint density at radius 1 is 1.20 bits per heavy atom. The van der Waals surface area contributed by atoms with E-state index < -0.39 is 47.8 Å². The molecule has 2 heterocycles. The van der Waals surface area contributed by atoms with Crippen molar-refractivity contribution in [3.05, 3.63) is 46.6 Å². The van der Waals surface area contributed by atoms with Crippen molar-refractivity contribution < 1.29 is 51.1 Å². The van der Waals surface area contributed by atoms with Crippen LogP contribution in [0.15, 0.2) is 24.3 Å². The number of benzene rings is 1. The molecule has 13 nitrogen and oxygen atoms in total. The molecule has 1 aliphatic heterocycles. The maximum atomic E-state index is 14.1. The molecule has 40 heavy (non-hydrogen) atoms. The zero-order chi connectivity index (χ0) is 29.4. The second kappa shape index (κ2) is 14.3. The first-order valence-corrected chi connectivity index (χ1v) is 14.2. The number of aliphatic hydroxyl groups is 3. The minimum atomic E-state index is -4.53. The number of aliphatic hydroxyl groups excluding tert-OH is 3. The average Bonchev–Trinajstić information content (AvgIpc) is 3.29. The Morgan fingerprint density at radius 3 is 2.50 bits per heavy atom. The van der Waals surface area contributed by atoms with Gasteiger partial charge in [-0.1, -0.05) is 38.1 Å². The summed E-state index contributed by atoms with van der Waals surface area (Å²) in [6.07, 6.45) is -6.40. The van der Waals surface area contributed by atoms with E-state index in [1.807, 2.05) is 38.1 Å². The lowest BCUT2D eigenvalue weighted by molar-refractivity contribution is -0.265. The number of alkyl halides is 1. The van der Waals surface area contributed by atoms with Crippen LogP contribution in [-0.4, -0.2) is 94.9 Å². The molecule has 224 valence electrons. The molecule has 0 radical (unpaired) electrons. The van der Waals surface area contributed by atoms with Gasteiger partial charge in [0.15, 0.2) is 6.17 Å². The number of hydrogen-bond donors (Lipinski definition) is 6. The van der Waals surface area contributed by atoms with E-state index in [9.17, 15) is 32.9 Å². The number of carbonyl (C=O) groups excluding carboxylic acids is 1. The molecule has 5 unspecified atom stereocenters. The van der Waals surface area contributed by atoms with Crippen molar-refractivity contribution in [1.82, 2.24) is 15.5 Å². The van der Waals surface area contributed by atoms with Crippen molar-refractivity contribution in [2.75, 3.05) is 19.8 Å². The van der Waals surface area contributed by atoms with E-state index in [-0.39, 0.29) is 37.3 Å². The molecule has 15 heteroatoms. The highest BCUT2D eigenvalue weighted by Crippen LogP contribution is 2.31. The van der Waals surface area contributed by atoms with Gasteiger partial charge in [-0.25, -0.2) is 8.57 Å². The Bertz CT molecular complexity index is 1210. The number of nitrogens with zero attached hydrogens (tertiary/aromatic N) is 1. The Kier molecular flexibility index (Phi) is 11.4. The maximum absolute atomic E-state index is 14.1. The third kappa shape index (κ3) is 8.92. The van der Waals surface area contributed by atoms with Gasteiger partial charge in [0, 0.05) is 30.6 Å².